The molecular weight excluding hydrogens is 260 g/mol. The van der Waals surface area contributed by atoms with Gasteiger partial charge in [0.25, 0.3) is 0 Å². The number of nitrogens with zero attached hydrogens (tertiary/aromatic N) is 3. The van der Waals surface area contributed by atoms with Crippen LogP contribution in [0.1, 0.15) is 17.5 Å². The van der Waals surface area contributed by atoms with Gasteiger partial charge in [-0.15, -0.1) is 0 Å². The van der Waals surface area contributed by atoms with E-state index in [1.54, 1.807) is 6.07 Å². The molecule has 0 saturated carbocycles. The van der Waals surface area contributed by atoms with Gasteiger partial charge >= 0.3 is 0 Å². The highest BCUT2D eigenvalue weighted by atomic mass is 15.1. The number of rotatable bonds is 4. The third-order valence-electron chi connectivity index (χ3n) is 3.60. The molecule has 4 nitrogen and oxygen atoms in total. The molecule has 0 atom stereocenters. The maximum Gasteiger partial charge on any atom is 0.201 e. The largest absolute Gasteiger partial charge is 0.369 e. The Balaban J connectivity index is 1.80. The minimum Gasteiger partial charge on any atom is -0.369 e. The van der Waals surface area contributed by atoms with Gasteiger partial charge in [-0.05, 0) is 36.6 Å². The van der Waals surface area contributed by atoms with E-state index in [0.717, 1.165) is 30.4 Å². The standard InChI is InChI=1S/C17H16N4/c18-12-14-8-9-15-16(11-14)21(17(19)20-15)10-4-7-13-5-2-1-3-6-13/h1-3,5-6,8-9,11H,4,7,10H2,(H2,19,20). The molecule has 0 amide bonds. The predicted molar refractivity (Wildman–Crippen MR) is 83.6 cm³/mol. The predicted octanol–water partition coefficient (Wildman–Crippen LogP) is 3.12. The van der Waals surface area contributed by atoms with Gasteiger partial charge in [-0.2, -0.15) is 5.26 Å². The van der Waals surface area contributed by atoms with Crippen molar-refractivity contribution in [3.63, 3.8) is 0 Å². The SMILES string of the molecule is N#Cc1ccc2nc(N)n(CCCc3ccccc3)c2c1. The zero-order valence-corrected chi connectivity index (χ0v) is 11.7. The van der Waals surface area contributed by atoms with E-state index in [1.165, 1.54) is 5.56 Å². The van der Waals surface area contributed by atoms with E-state index in [4.69, 9.17) is 11.0 Å². The fraction of sp³-hybridized carbons (Fsp3) is 0.176. The number of aromatic nitrogens is 2. The van der Waals surface area contributed by atoms with Gasteiger partial charge in [-0.25, -0.2) is 4.98 Å². The molecule has 1 aromatic heterocycles. The second-order valence-corrected chi connectivity index (χ2v) is 5.03. The van der Waals surface area contributed by atoms with E-state index in [2.05, 4.69) is 35.3 Å². The second kappa shape index (κ2) is 5.68. The van der Waals surface area contributed by atoms with Crippen molar-refractivity contribution >= 4 is 17.0 Å². The molecular formula is C17H16N4. The Morgan fingerprint density at radius 3 is 2.71 bits per heavy atom. The van der Waals surface area contributed by atoms with Gasteiger partial charge in [0, 0.05) is 6.54 Å². The average molecular weight is 276 g/mol. The van der Waals surface area contributed by atoms with Crippen LogP contribution in [0, 0.1) is 11.3 Å². The van der Waals surface area contributed by atoms with Crippen LogP contribution in [0.3, 0.4) is 0 Å². The Morgan fingerprint density at radius 2 is 1.95 bits per heavy atom. The summed E-state index contributed by atoms with van der Waals surface area (Å²) in [6, 6.07) is 18.0. The lowest BCUT2D eigenvalue weighted by Gasteiger charge is -2.06. The highest BCUT2D eigenvalue weighted by Crippen LogP contribution is 2.20. The molecule has 3 rings (SSSR count). The maximum atomic E-state index is 9.01. The monoisotopic (exact) mass is 276 g/mol. The van der Waals surface area contributed by atoms with Crippen LogP contribution in [-0.4, -0.2) is 9.55 Å². The van der Waals surface area contributed by atoms with Gasteiger partial charge in [0.2, 0.25) is 5.95 Å². The fourth-order valence-corrected chi connectivity index (χ4v) is 2.53. The van der Waals surface area contributed by atoms with Crippen molar-refractivity contribution in [2.45, 2.75) is 19.4 Å². The quantitative estimate of drug-likeness (QED) is 0.796. The number of nitriles is 1. The molecule has 0 bridgehead atoms. The van der Waals surface area contributed by atoms with E-state index in [-0.39, 0.29) is 0 Å². The summed E-state index contributed by atoms with van der Waals surface area (Å²) in [5.74, 6) is 0.508. The smallest absolute Gasteiger partial charge is 0.201 e. The summed E-state index contributed by atoms with van der Waals surface area (Å²) in [5.41, 5.74) is 9.71. The van der Waals surface area contributed by atoms with Gasteiger partial charge in [0.1, 0.15) is 0 Å². The van der Waals surface area contributed by atoms with Gasteiger partial charge in [0.05, 0.1) is 22.7 Å². The highest BCUT2D eigenvalue weighted by Gasteiger charge is 2.08. The zero-order chi connectivity index (χ0) is 14.7. The Morgan fingerprint density at radius 1 is 1.14 bits per heavy atom. The van der Waals surface area contributed by atoms with Crippen LogP contribution in [0.5, 0.6) is 0 Å². The first-order valence-corrected chi connectivity index (χ1v) is 6.98. The number of nitrogen functional groups attached to an aromatic ring is 1. The average Bonchev–Trinajstić information content (AvgIpc) is 2.83. The number of imidazole rings is 1. The maximum absolute atomic E-state index is 9.01. The molecule has 0 radical (unpaired) electrons. The number of anilines is 1. The van der Waals surface area contributed by atoms with Crippen molar-refractivity contribution in [3.05, 3.63) is 59.7 Å². The topological polar surface area (TPSA) is 67.6 Å². The Bertz CT molecular complexity index is 797. The first-order chi connectivity index (χ1) is 10.3. The normalized spacial score (nSPS) is 10.6. The Kier molecular flexibility index (Phi) is 3.57. The van der Waals surface area contributed by atoms with Crippen molar-refractivity contribution in [3.8, 4) is 6.07 Å². The summed E-state index contributed by atoms with van der Waals surface area (Å²) < 4.78 is 1.99. The molecule has 104 valence electrons. The third kappa shape index (κ3) is 2.72. The van der Waals surface area contributed by atoms with Crippen molar-refractivity contribution in [1.82, 2.24) is 9.55 Å². The number of benzene rings is 2. The minimum absolute atomic E-state index is 0.508. The van der Waals surface area contributed by atoms with Crippen LogP contribution < -0.4 is 5.73 Å². The van der Waals surface area contributed by atoms with Crippen molar-refractivity contribution in [2.75, 3.05) is 5.73 Å². The molecule has 2 N–H and O–H groups in total. The molecule has 0 aliphatic heterocycles. The fourth-order valence-electron chi connectivity index (χ4n) is 2.53. The number of hydrogen-bond donors (Lipinski definition) is 1. The molecule has 0 saturated heterocycles. The summed E-state index contributed by atoms with van der Waals surface area (Å²) in [6.07, 6.45) is 1.98. The lowest BCUT2D eigenvalue weighted by molar-refractivity contribution is 0.665. The van der Waals surface area contributed by atoms with Crippen LogP contribution in [0.4, 0.5) is 5.95 Å². The van der Waals surface area contributed by atoms with E-state index >= 15 is 0 Å². The lowest BCUT2D eigenvalue weighted by atomic mass is 10.1. The summed E-state index contributed by atoms with van der Waals surface area (Å²) in [6.45, 7) is 0.798. The summed E-state index contributed by atoms with van der Waals surface area (Å²) in [4.78, 5) is 4.35. The van der Waals surface area contributed by atoms with Gasteiger partial charge in [-0.3, -0.25) is 0 Å². The lowest BCUT2D eigenvalue weighted by Crippen LogP contribution is -2.04. The number of fused-ring (bicyclic) bond motifs is 1. The molecule has 0 spiro atoms. The van der Waals surface area contributed by atoms with E-state index in [9.17, 15) is 0 Å². The summed E-state index contributed by atoms with van der Waals surface area (Å²) in [7, 11) is 0. The molecule has 4 heteroatoms. The van der Waals surface area contributed by atoms with Crippen molar-refractivity contribution in [1.29, 1.82) is 5.26 Å². The molecule has 3 aromatic rings. The van der Waals surface area contributed by atoms with E-state index in [1.807, 2.05) is 22.8 Å². The van der Waals surface area contributed by atoms with Crippen molar-refractivity contribution < 1.29 is 0 Å². The first kappa shape index (κ1) is 13.2. The number of aryl methyl sites for hydroxylation is 2. The van der Waals surface area contributed by atoms with Crippen LogP contribution >= 0.6 is 0 Å². The molecule has 1 heterocycles. The molecule has 0 aliphatic carbocycles. The van der Waals surface area contributed by atoms with Gasteiger partial charge in [0.15, 0.2) is 0 Å². The molecule has 0 aliphatic rings. The van der Waals surface area contributed by atoms with Crippen LogP contribution in [0.15, 0.2) is 48.5 Å². The molecule has 21 heavy (non-hydrogen) atoms. The molecule has 0 fully saturated rings. The Labute approximate surface area is 123 Å². The summed E-state index contributed by atoms with van der Waals surface area (Å²) in [5, 5.41) is 9.01. The van der Waals surface area contributed by atoms with Crippen LogP contribution in [0.2, 0.25) is 0 Å². The highest BCUT2D eigenvalue weighted by molar-refractivity contribution is 5.79. The minimum atomic E-state index is 0.508. The number of hydrogen-bond acceptors (Lipinski definition) is 3. The molecule has 0 unspecified atom stereocenters. The second-order valence-electron chi connectivity index (χ2n) is 5.03. The Hall–Kier alpha value is -2.80. The summed E-state index contributed by atoms with van der Waals surface area (Å²) >= 11 is 0. The van der Waals surface area contributed by atoms with Gasteiger partial charge in [-0.1, -0.05) is 30.3 Å². The number of nitrogens with two attached hydrogens (primary N) is 1. The van der Waals surface area contributed by atoms with Crippen LogP contribution in [-0.2, 0) is 13.0 Å². The van der Waals surface area contributed by atoms with E-state index < -0.39 is 0 Å². The molecule has 2 aromatic carbocycles. The third-order valence-corrected chi connectivity index (χ3v) is 3.60. The van der Waals surface area contributed by atoms with Gasteiger partial charge < -0.3 is 10.3 Å². The van der Waals surface area contributed by atoms with E-state index in [0.29, 0.717) is 11.5 Å². The first-order valence-electron chi connectivity index (χ1n) is 6.98. The zero-order valence-electron chi connectivity index (χ0n) is 11.7. The van der Waals surface area contributed by atoms with Crippen LogP contribution in [0.25, 0.3) is 11.0 Å². The van der Waals surface area contributed by atoms with Crippen molar-refractivity contribution in [2.24, 2.45) is 0 Å².